The van der Waals surface area contributed by atoms with Gasteiger partial charge in [-0.15, -0.1) is 0 Å². The van der Waals surface area contributed by atoms with Crippen LogP contribution in [0.15, 0.2) is 30.4 Å². The van der Waals surface area contributed by atoms with Crippen molar-refractivity contribution in [2.45, 2.75) is 0 Å². The first-order chi connectivity index (χ1) is 6.74. The van der Waals surface area contributed by atoms with Crippen LogP contribution in [0.5, 0.6) is 5.75 Å². The molecule has 1 rings (SSSR count). The van der Waals surface area contributed by atoms with E-state index >= 15 is 0 Å². The summed E-state index contributed by atoms with van der Waals surface area (Å²) in [6.07, 6.45) is 3.32. The Morgan fingerprint density at radius 3 is 2.71 bits per heavy atom. The van der Waals surface area contributed by atoms with Gasteiger partial charge in [0.25, 0.3) is 0 Å². The molecular formula is C10H14N2O2. The van der Waals surface area contributed by atoms with E-state index in [1.54, 1.807) is 30.4 Å². The van der Waals surface area contributed by atoms with E-state index in [9.17, 15) is 0 Å². The van der Waals surface area contributed by atoms with Gasteiger partial charge in [0.15, 0.2) is 0 Å². The lowest BCUT2D eigenvalue weighted by molar-refractivity contribution is 0.336. The van der Waals surface area contributed by atoms with Crippen LogP contribution in [0.4, 0.5) is 11.4 Å². The van der Waals surface area contributed by atoms with Crippen molar-refractivity contribution in [3.8, 4) is 5.75 Å². The van der Waals surface area contributed by atoms with Crippen LogP contribution in [0.2, 0.25) is 0 Å². The van der Waals surface area contributed by atoms with E-state index in [1.165, 1.54) is 0 Å². The third kappa shape index (κ3) is 2.99. The van der Waals surface area contributed by atoms with E-state index < -0.39 is 0 Å². The minimum Gasteiger partial charge on any atom is -0.487 e. The van der Waals surface area contributed by atoms with Crippen molar-refractivity contribution in [3.05, 3.63) is 30.4 Å². The number of anilines is 2. The zero-order valence-corrected chi connectivity index (χ0v) is 7.81. The summed E-state index contributed by atoms with van der Waals surface area (Å²) in [5.41, 5.74) is 12.3. The van der Waals surface area contributed by atoms with Gasteiger partial charge in [-0.2, -0.15) is 0 Å². The van der Waals surface area contributed by atoms with Crippen molar-refractivity contribution in [1.82, 2.24) is 0 Å². The Morgan fingerprint density at radius 1 is 1.29 bits per heavy atom. The van der Waals surface area contributed by atoms with Gasteiger partial charge in [0.1, 0.15) is 12.4 Å². The zero-order chi connectivity index (χ0) is 10.4. The fourth-order valence-corrected chi connectivity index (χ4v) is 0.979. The van der Waals surface area contributed by atoms with E-state index in [0.717, 1.165) is 0 Å². The second-order valence-corrected chi connectivity index (χ2v) is 2.76. The van der Waals surface area contributed by atoms with Crippen molar-refractivity contribution in [2.75, 3.05) is 24.7 Å². The Balaban J connectivity index is 2.55. The number of aliphatic hydroxyl groups excluding tert-OH is 1. The molecule has 1 aromatic rings. The van der Waals surface area contributed by atoms with Crippen LogP contribution in [0, 0.1) is 0 Å². The molecule has 14 heavy (non-hydrogen) atoms. The summed E-state index contributed by atoms with van der Waals surface area (Å²) in [5.74, 6) is 0.599. The number of benzene rings is 1. The first-order valence-corrected chi connectivity index (χ1v) is 4.27. The zero-order valence-electron chi connectivity index (χ0n) is 7.81. The summed E-state index contributed by atoms with van der Waals surface area (Å²) in [6, 6.07) is 5.09. The maximum atomic E-state index is 8.47. The number of hydrogen-bond donors (Lipinski definition) is 3. The maximum absolute atomic E-state index is 8.47. The highest BCUT2D eigenvalue weighted by molar-refractivity contribution is 5.60. The Bertz CT molecular complexity index is 324. The van der Waals surface area contributed by atoms with E-state index in [0.29, 0.717) is 23.7 Å². The molecule has 76 valence electrons. The fraction of sp³-hybridized carbons (Fsp3) is 0.200. The molecule has 4 heteroatoms. The number of hydrogen-bond acceptors (Lipinski definition) is 4. The molecule has 0 heterocycles. The smallest absolute Gasteiger partial charge is 0.142 e. The van der Waals surface area contributed by atoms with Crippen molar-refractivity contribution >= 4 is 11.4 Å². The molecule has 0 fully saturated rings. The molecule has 0 bridgehead atoms. The van der Waals surface area contributed by atoms with Crippen LogP contribution in [0.25, 0.3) is 0 Å². The minimum atomic E-state index is 0.0145. The molecule has 0 unspecified atom stereocenters. The molecule has 0 aliphatic carbocycles. The largest absolute Gasteiger partial charge is 0.487 e. The van der Waals surface area contributed by atoms with Gasteiger partial charge in [0, 0.05) is 5.69 Å². The molecule has 0 aliphatic rings. The molecule has 1 aromatic carbocycles. The molecule has 0 aromatic heterocycles. The van der Waals surface area contributed by atoms with Crippen LogP contribution in [-0.2, 0) is 0 Å². The Kier molecular flexibility index (Phi) is 3.82. The molecule has 5 N–H and O–H groups in total. The third-order valence-corrected chi connectivity index (χ3v) is 1.64. The molecule has 0 atom stereocenters. The first kappa shape index (κ1) is 10.4. The van der Waals surface area contributed by atoms with E-state index in [1.807, 2.05) is 0 Å². The summed E-state index contributed by atoms with van der Waals surface area (Å²) < 4.78 is 5.32. The Hall–Kier alpha value is -1.68. The lowest BCUT2D eigenvalue weighted by atomic mass is 10.2. The van der Waals surface area contributed by atoms with E-state index in [-0.39, 0.29) is 6.61 Å². The van der Waals surface area contributed by atoms with Crippen molar-refractivity contribution in [1.29, 1.82) is 0 Å². The highest BCUT2D eigenvalue weighted by atomic mass is 16.5. The Morgan fingerprint density at radius 2 is 2.07 bits per heavy atom. The van der Waals surface area contributed by atoms with Crippen LogP contribution in [-0.4, -0.2) is 18.3 Å². The predicted octanol–water partition coefficient (Wildman–Crippen LogP) is 0.778. The average molecular weight is 194 g/mol. The summed E-state index contributed by atoms with van der Waals surface area (Å²) in [5, 5.41) is 8.47. The lowest BCUT2D eigenvalue weighted by Crippen LogP contribution is -1.99. The molecule has 4 nitrogen and oxygen atoms in total. The van der Waals surface area contributed by atoms with Gasteiger partial charge < -0.3 is 21.3 Å². The minimum absolute atomic E-state index is 0.0145. The van der Waals surface area contributed by atoms with E-state index in [4.69, 9.17) is 21.3 Å². The maximum Gasteiger partial charge on any atom is 0.142 e. The molecule has 0 aliphatic heterocycles. The molecule has 0 radical (unpaired) electrons. The number of rotatable bonds is 4. The van der Waals surface area contributed by atoms with Gasteiger partial charge in [0.2, 0.25) is 0 Å². The monoisotopic (exact) mass is 194 g/mol. The van der Waals surface area contributed by atoms with Crippen molar-refractivity contribution in [3.63, 3.8) is 0 Å². The fourth-order valence-electron chi connectivity index (χ4n) is 0.979. The first-order valence-electron chi connectivity index (χ1n) is 4.27. The second-order valence-electron chi connectivity index (χ2n) is 2.76. The van der Waals surface area contributed by atoms with Crippen LogP contribution in [0.1, 0.15) is 0 Å². The highest BCUT2D eigenvalue weighted by Gasteiger charge is 1.98. The molecule has 0 saturated carbocycles. The summed E-state index contributed by atoms with van der Waals surface area (Å²) in [7, 11) is 0. The second kappa shape index (κ2) is 5.14. The molecular weight excluding hydrogens is 180 g/mol. The summed E-state index contributed by atoms with van der Waals surface area (Å²) in [6.45, 7) is 0.398. The average Bonchev–Trinajstić information content (AvgIpc) is 2.15. The van der Waals surface area contributed by atoms with Gasteiger partial charge in [-0.1, -0.05) is 6.08 Å². The van der Waals surface area contributed by atoms with Gasteiger partial charge in [-0.3, -0.25) is 0 Å². The van der Waals surface area contributed by atoms with Crippen molar-refractivity contribution in [2.24, 2.45) is 0 Å². The summed E-state index contributed by atoms with van der Waals surface area (Å²) in [4.78, 5) is 0. The number of ether oxygens (including phenoxy) is 1. The lowest BCUT2D eigenvalue weighted by Gasteiger charge is -2.06. The standard InChI is InChI=1S/C10H14N2O2/c11-8-3-4-10(9(12)7-8)14-6-2-1-5-13/h1-4,7,13H,5-6,11-12H2. The quantitative estimate of drug-likeness (QED) is 0.488. The van der Waals surface area contributed by atoms with Crippen LogP contribution in [0.3, 0.4) is 0 Å². The number of nitrogen functional groups attached to an aromatic ring is 2. The predicted molar refractivity (Wildman–Crippen MR) is 57.0 cm³/mol. The van der Waals surface area contributed by atoms with Gasteiger partial charge in [-0.25, -0.2) is 0 Å². The topological polar surface area (TPSA) is 81.5 Å². The van der Waals surface area contributed by atoms with Crippen LogP contribution >= 0.6 is 0 Å². The third-order valence-electron chi connectivity index (χ3n) is 1.64. The molecule has 0 amide bonds. The van der Waals surface area contributed by atoms with Gasteiger partial charge >= 0.3 is 0 Å². The Labute approximate surface area is 82.8 Å². The number of nitrogens with two attached hydrogens (primary N) is 2. The van der Waals surface area contributed by atoms with E-state index in [2.05, 4.69) is 0 Å². The van der Waals surface area contributed by atoms with Gasteiger partial charge in [0.05, 0.1) is 12.3 Å². The normalized spacial score (nSPS) is 10.6. The van der Waals surface area contributed by atoms with Crippen molar-refractivity contribution < 1.29 is 9.84 Å². The van der Waals surface area contributed by atoms with Gasteiger partial charge in [-0.05, 0) is 24.3 Å². The molecule has 0 spiro atoms. The highest BCUT2D eigenvalue weighted by Crippen LogP contribution is 2.23. The number of aliphatic hydroxyl groups is 1. The summed E-state index contributed by atoms with van der Waals surface area (Å²) >= 11 is 0. The SMILES string of the molecule is Nc1ccc(OCC=CCO)c(N)c1. The molecule has 0 saturated heterocycles. The van der Waals surface area contributed by atoms with Crippen LogP contribution < -0.4 is 16.2 Å².